The van der Waals surface area contributed by atoms with E-state index >= 15 is 0 Å². The second-order valence-electron chi connectivity index (χ2n) is 6.44. The van der Waals surface area contributed by atoms with Crippen molar-refractivity contribution < 1.29 is 57.2 Å². The highest BCUT2D eigenvalue weighted by Crippen LogP contribution is 2.34. The Morgan fingerprint density at radius 1 is 0.333 bits per heavy atom. The fourth-order valence-corrected chi connectivity index (χ4v) is 3.08. The van der Waals surface area contributed by atoms with E-state index in [9.17, 15) is 28.8 Å². The number of rotatable bonds is 6. The lowest BCUT2D eigenvalue weighted by atomic mass is 9.83. The number of esters is 6. The van der Waals surface area contributed by atoms with E-state index in [1.807, 2.05) is 0 Å². The molecule has 168 valence electrons. The van der Waals surface area contributed by atoms with Gasteiger partial charge in [-0.15, -0.1) is 0 Å². The highest BCUT2D eigenvalue weighted by atomic mass is 16.7. The Morgan fingerprint density at radius 2 is 0.433 bits per heavy atom. The zero-order valence-electron chi connectivity index (χ0n) is 17.4. The molecule has 1 saturated carbocycles. The molecule has 0 amide bonds. The fourth-order valence-electron chi connectivity index (χ4n) is 3.08. The third-order valence-corrected chi connectivity index (χ3v) is 3.76. The SMILES string of the molecule is CC(=O)OC1C(OC(C)=O)[C@H](OC(C)=O)C(OC(C)=O)C(OC(C)=O)[C@H]1OC(C)=O. The van der Waals surface area contributed by atoms with Gasteiger partial charge < -0.3 is 28.4 Å². The van der Waals surface area contributed by atoms with Crippen molar-refractivity contribution in [1.29, 1.82) is 0 Å². The number of carbonyl (C=O) groups excluding carboxylic acids is 6. The van der Waals surface area contributed by atoms with Crippen LogP contribution in [-0.4, -0.2) is 72.4 Å². The first kappa shape index (κ1) is 24.9. The lowest BCUT2D eigenvalue weighted by Gasteiger charge is -2.46. The molecule has 0 saturated heterocycles. The maximum Gasteiger partial charge on any atom is 0.303 e. The molecule has 30 heavy (non-hydrogen) atoms. The fraction of sp³-hybridized carbons (Fsp3) is 0.667. The first-order valence-electron chi connectivity index (χ1n) is 8.86. The average Bonchev–Trinajstić information content (AvgIpc) is 2.55. The molecule has 0 spiro atoms. The topological polar surface area (TPSA) is 158 Å². The summed E-state index contributed by atoms with van der Waals surface area (Å²) in [4.78, 5) is 70.1. The lowest BCUT2D eigenvalue weighted by molar-refractivity contribution is -0.259. The van der Waals surface area contributed by atoms with Crippen LogP contribution in [0.15, 0.2) is 0 Å². The van der Waals surface area contributed by atoms with Gasteiger partial charge in [-0.1, -0.05) is 0 Å². The van der Waals surface area contributed by atoms with Crippen LogP contribution in [0.25, 0.3) is 0 Å². The van der Waals surface area contributed by atoms with E-state index in [2.05, 4.69) is 0 Å². The van der Waals surface area contributed by atoms with Crippen LogP contribution in [0.1, 0.15) is 41.5 Å². The molecule has 1 fully saturated rings. The molecule has 0 bridgehead atoms. The maximum absolute atomic E-state index is 11.7. The summed E-state index contributed by atoms with van der Waals surface area (Å²) in [6.45, 7) is 6.22. The van der Waals surface area contributed by atoms with E-state index in [0.717, 1.165) is 41.5 Å². The van der Waals surface area contributed by atoms with Crippen LogP contribution in [-0.2, 0) is 57.2 Å². The van der Waals surface area contributed by atoms with Crippen LogP contribution >= 0.6 is 0 Å². The van der Waals surface area contributed by atoms with Crippen molar-refractivity contribution in [1.82, 2.24) is 0 Å². The molecule has 0 aliphatic heterocycles. The minimum atomic E-state index is -1.55. The summed E-state index contributed by atoms with van der Waals surface area (Å²) >= 11 is 0. The van der Waals surface area contributed by atoms with Gasteiger partial charge in [0.25, 0.3) is 0 Å². The van der Waals surface area contributed by atoms with Gasteiger partial charge in [0, 0.05) is 41.5 Å². The smallest absolute Gasteiger partial charge is 0.303 e. The van der Waals surface area contributed by atoms with Crippen LogP contribution in [0.5, 0.6) is 0 Å². The molecule has 0 aromatic rings. The molecule has 0 aromatic heterocycles. The van der Waals surface area contributed by atoms with Crippen molar-refractivity contribution in [3.63, 3.8) is 0 Å². The largest absolute Gasteiger partial charge is 0.454 e. The molecule has 1 aliphatic carbocycles. The van der Waals surface area contributed by atoms with Crippen molar-refractivity contribution in [2.45, 2.75) is 78.2 Å². The Balaban J connectivity index is 3.66. The number of hydrogen-bond donors (Lipinski definition) is 0. The molecular weight excluding hydrogens is 408 g/mol. The van der Waals surface area contributed by atoms with Gasteiger partial charge in [0.05, 0.1) is 0 Å². The van der Waals surface area contributed by atoms with Crippen molar-refractivity contribution in [2.75, 3.05) is 0 Å². The highest BCUT2D eigenvalue weighted by molar-refractivity contribution is 5.71. The number of ether oxygens (including phenoxy) is 6. The summed E-state index contributed by atoms with van der Waals surface area (Å²) in [5, 5.41) is 0. The molecule has 1 aliphatic rings. The first-order chi connectivity index (χ1) is 13.8. The third-order valence-electron chi connectivity index (χ3n) is 3.76. The Morgan fingerprint density at radius 3 is 0.500 bits per heavy atom. The van der Waals surface area contributed by atoms with Crippen molar-refractivity contribution >= 4 is 35.8 Å². The van der Waals surface area contributed by atoms with Gasteiger partial charge in [0.1, 0.15) is 0 Å². The van der Waals surface area contributed by atoms with Gasteiger partial charge in [0.2, 0.25) is 0 Å². The third kappa shape index (κ3) is 7.01. The summed E-state index contributed by atoms with van der Waals surface area (Å²) in [5.74, 6) is -5.15. The molecule has 1 rings (SSSR count). The Bertz CT molecular complexity index is 547. The zero-order chi connectivity index (χ0) is 23.2. The van der Waals surface area contributed by atoms with Gasteiger partial charge >= 0.3 is 35.8 Å². The molecule has 0 heterocycles. The van der Waals surface area contributed by atoms with Crippen molar-refractivity contribution in [2.24, 2.45) is 0 Å². The van der Waals surface area contributed by atoms with Crippen LogP contribution in [0.3, 0.4) is 0 Å². The second-order valence-corrected chi connectivity index (χ2v) is 6.44. The Hall–Kier alpha value is -3.18. The molecule has 0 aromatic carbocycles. The van der Waals surface area contributed by atoms with Crippen molar-refractivity contribution in [3.05, 3.63) is 0 Å². The Labute approximate surface area is 172 Å². The highest BCUT2D eigenvalue weighted by Gasteiger charge is 2.60. The predicted octanol–water partition coefficient (Wildman–Crippen LogP) is -0.410. The minimum absolute atomic E-state index is 0.858. The second kappa shape index (κ2) is 10.6. The monoisotopic (exact) mass is 432 g/mol. The van der Waals surface area contributed by atoms with Gasteiger partial charge in [0.15, 0.2) is 36.6 Å². The minimum Gasteiger partial charge on any atom is -0.454 e. The standard InChI is InChI=1S/C18H24O12/c1-7(19)25-13-14(26-8(2)20)16(28-10(4)22)18(30-12(6)24)17(29-11(5)23)15(13)27-9(3)21/h13-18H,1-6H3/t13-,14?,15?,16?,17?,18-. The summed E-state index contributed by atoms with van der Waals surface area (Å²) in [5.41, 5.74) is 0. The average molecular weight is 432 g/mol. The van der Waals surface area contributed by atoms with Gasteiger partial charge in [-0.25, -0.2) is 0 Å². The van der Waals surface area contributed by atoms with Crippen LogP contribution in [0.4, 0.5) is 0 Å². The number of carbonyl (C=O) groups is 6. The summed E-state index contributed by atoms with van der Waals surface area (Å²) in [6.07, 6.45) is -9.27. The summed E-state index contributed by atoms with van der Waals surface area (Å²) in [7, 11) is 0. The van der Waals surface area contributed by atoms with E-state index in [-0.39, 0.29) is 0 Å². The van der Waals surface area contributed by atoms with Crippen LogP contribution in [0, 0.1) is 0 Å². The van der Waals surface area contributed by atoms with E-state index in [1.165, 1.54) is 0 Å². The lowest BCUT2D eigenvalue weighted by Crippen LogP contribution is -2.68. The van der Waals surface area contributed by atoms with E-state index < -0.39 is 72.4 Å². The molecule has 0 atom stereocenters. The molecular formula is C18H24O12. The van der Waals surface area contributed by atoms with Gasteiger partial charge in [-0.05, 0) is 0 Å². The van der Waals surface area contributed by atoms with Gasteiger partial charge in [-0.3, -0.25) is 28.8 Å². The van der Waals surface area contributed by atoms with Crippen molar-refractivity contribution in [3.8, 4) is 0 Å². The first-order valence-corrected chi connectivity index (χ1v) is 8.86. The maximum atomic E-state index is 11.7. The Kier molecular flexibility index (Phi) is 8.75. The predicted molar refractivity (Wildman–Crippen MR) is 93.3 cm³/mol. The van der Waals surface area contributed by atoms with Crippen LogP contribution in [0.2, 0.25) is 0 Å². The molecule has 12 heteroatoms. The summed E-state index contributed by atoms with van der Waals surface area (Å²) in [6, 6.07) is 0. The summed E-state index contributed by atoms with van der Waals surface area (Å²) < 4.78 is 31.1. The van der Waals surface area contributed by atoms with Gasteiger partial charge in [-0.2, -0.15) is 0 Å². The normalized spacial score (nSPS) is 27.8. The van der Waals surface area contributed by atoms with Crippen LogP contribution < -0.4 is 0 Å². The molecule has 0 N–H and O–H groups in total. The molecule has 0 unspecified atom stereocenters. The number of hydrogen-bond acceptors (Lipinski definition) is 12. The molecule has 12 nitrogen and oxygen atoms in total. The van der Waals surface area contributed by atoms with E-state index in [4.69, 9.17) is 28.4 Å². The quantitative estimate of drug-likeness (QED) is 0.395. The van der Waals surface area contributed by atoms with E-state index in [1.54, 1.807) is 0 Å². The van der Waals surface area contributed by atoms with E-state index in [0.29, 0.717) is 0 Å². The molecule has 0 radical (unpaired) electrons. The zero-order valence-corrected chi connectivity index (χ0v) is 17.4.